The summed E-state index contributed by atoms with van der Waals surface area (Å²) < 4.78 is 11.0. The molecule has 3 heterocycles. The van der Waals surface area contributed by atoms with Gasteiger partial charge in [0, 0.05) is 25.8 Å². The number of rotatable bonds is 4. The molecule has 0 unspecified atom stereocenters. The largest absolute Gasteiger partial charge is 0.459 e. The van der Waals surface area contributed by atoms with Gasteiger partial charge >= 0.3 is 0 Å². The Balaban J connectivity index is 1.69. The van der Waals surface area contributed by atoms with Gasteiger partial charge in [0.2, 0.25) is 0 Å². The fraction of sp³-hybridized carbons (Fsp3) is 0.533. The van der Waals surface area contributed by atoms with E-state index in [1.54, 1.807) is 18.0 Å². The Morgan fingerprint density at radius 2 is 2.32 bits per heavy atom. The normalized spacial score (nSPS) is 21.2. The Hall–Kier alpha value is -2.15. The molecule has 1 fully saturated rings. The number of nitrogens with zero attached hydrogens (tertiary/aromatic N) is 3. The van der Waals surface area contributed by atoms with Gasteiger partial charge in [0.05, 0.1) is 18.3 Å². The van der Waals surface area contributed by atoms with Crippen LogP contribution in [0.25, 0.3) is 0 Å². The second-order valence-corrected chi connectivity index (χ2v) is 5.70. The Morgan fingerprint density at radius 1 is 1.50 bits per heavy atom. The molecule has 0 spiro atoms. The number of likely N-dealkylation sites (N-methyl/N-ethyl adjacent to an activating group) is 1. The quantitative estimate of drug-likeness (QED) is 0.928. The zero-order valence-electron chi connectivity index (χ0n) is 13.0. The minimum atomic E-state index is -0.136. The van der Waals surface area contributed by atoms with E-state index in [1.807, 2.05) is 13.8 Å². The number of furan rings is 1. The van der Waals surface area contributed by atoms with Gasteiger partial charge in [0.25, 0.3) is 5.91 Å². The lowest BCUT2D eigenvalue weighted by Crippen LogP contribution is -2.36. The number of H-pyrrole nitrogens is 1. The van der Waals surface area contributed by atoms with Crippen molar-refractivity contribution in [1.82, 2.24) is 20.1 Å². The molecule has 0 bridgehead atoms. The molecule has 2 aromatic rings. The molecular weight excluding hydrogens is 284 g/mol. The van der Waals surface area contributed by atoms with Crippen LogP contribution in [0, 0.1) is 13.8 Å². The highest BCUT2D eigenvalue weighted by Gasteiger charge is 2.34. The summed E-state index contributed by atoms with van der Waals surface area (Å²) in [5.41, 5.74) is 0.838. The monoisotopic (exact) mass is 304 g/mol. The minimum absolute atomic E-state index is 0.0978. The lowest BCUT2D eigenvalue weighted by molar-refractivity contribution is 0.0528. The molecule has 1 amide bonds. The van der Waals surface area contributed by atoms with Crippen molar-refractivity contribution < 1.29 is 13.9 Å². The van der Waals surface area contributed by atoms with Crippen molar-refractivity contribution in [3.63, 3.8) is 0 Å². The fourth-order valence-corrected chi connectivity index (χ4v) is 2.77. The van der Waals surface area contributed by atoms with Crippen LogP contribution in [0.3, 0.4) is 0 Å². The summed E-state index contributed by atoms with van der Waals surface area (Å²) in [5, 5.41) is 7.09. The highest BCUT2D eigenvalue weighted by atomic mass is 16.5. The molecule has 7 nitrogen and oxygen atoms in total. The van der Waals surface area contributed by atoms with Crippen molar-refractivity contribution in [2.24, 2.45) is 0 Å². The molecule has 7 heteroatoms. The number of hydrogen-bond donors (Lipinski definition) is 1. The maximum Gasteiger partial charge on any atom is 0.289 e. The van der Waals surface area contributed by atoms with Crippen molar-refractivity contribution in [3.05, 3.63) is 35.3 Å². The molecule has 1 saturated heterocycles. The van der Waals surface area contributed by atoms with E-state index in [9.17, 15) is 4.79 Å². The van der Waals surface area contributed by atoms with Gasteiger partial charge in [0.1, 0.15) is 5.82 Å². The van der Waals surface area contributed by atoms with Gasteiger partial charge in [-0.3, -0.25) is 9.89 Å². The zero-order valence-corrected chi connectivity index (χ0v) is 13.0. The molecule has 2 atom stereocenters. The summed E-state index contributed by atoms with van der Waals surface area (Å²) in [6.07, 6.45) is 2.30. The molecule has 0 radical (unpaired) electrons. The first kappa shape index (κ1) is 14.8. The van der Waals surface area contributed by atoms with E-state index >= 15 is 0 Å². The third-order valence-electron chi connectivity index (χ3n) is 4.01. The Labute approximate surface area is 128 Å². The number of aromatic amines is 1. The van der Waals surface area contributed by atoms with Gasteiger partial charge in [-0.2, -0.15) is 5.10 Å². The number of nitrogens with one attached hydrogen (secondary N) is 1. The van der Waals surface area contributed by atoms with E-state index in [4.69, 9.17) is 9.15 Å². The second-order valence-electron chi connectivity index (χ2n) is 5.70. The molecule has 0 aromatic carbocycles. The topological polar surface area (TPSA) is 84.2 Å². The molecule has 1 aliphatic heterocycles. The van der Waals surface area contributed by atoms with Gasteiger partial charge in [-0.05, 0) is 26.3 Å². The SMILES string of the molecule is Cc1nc([C@@H]2CCO[C@@H]2CN(C)C(=O)c2occc2C)n[nH]1. The average molecular weight is 304 g/mol. The van der Waals surface area contributed by atoms with Crippen LogP contribution < -0.4 is 0 Å². The molecule has 2 aromatic heterocycles. The minimum Gasteiger partial charge on any atom is -0.459 e. The smallest absolute Gasteiger partial charge is 0.289 e. The molecule has 0 aliphatic carbocycles. The van der Waals surface area contributed by atoms with Crippen LogP contribution in [0.1, 0.15) is 40.1 Å². The number of aromatic nitrogens is 3. The lowest BCUT2D eigenvalue weighted by Gasteiger charge is -2.23. The van der Waals surface area contributed by atoms with Gasteiger partial charge in [-0.25, -0.2) is 4.98 Å². The predicted molar refractivity (Wildman–Crippen MR) is 78.6 cm³/mol. The third kappa shape index (κ3) is 2.76. The molecular formula is C15H20N4O3. The van der Waals surface area contributed by atoms with Gasteiger partial charge in [-0.15, -0.1) is 0 Å². The lowest BCUT2D eigenvalue weighted by atomic mass is 10.0. The average Bonchev–Trinajstić information content (AvgIpc) is 3.19. The van der Waals surface area contributed by atoms with E-state index in [0.29, 0.717) is 18.9 Å². The van der Waals surface area contributed by atoms with Gasteiger partial charge in [-0.1, -0.05) is 0 Å². The summed E-state index contributed by atoms with van der Waals surface area (Å²) in [4.78, 5) is 18.4. The number of aryl methyl sites for hydroxylation is 2. The second kappa shape index (κ2) is 5.92. The zero-order chi connectivity index (χ0) is 15.7. The number of carbonyl (C=O) groups is 1. The molecule has 1 aliphatic rings. The standard InChI is InChI=1S/C15H20N4O3/c1-9-4-6-22-13(9)15(20)19(3)8-12-11(5-7-21-12)14-16-10(2)17-18-14/h4,6,11-12H,5,7-8H2,1-3H3,(H,16,17,18)/t11-,12-/m1/s1. The van der Waals surface area contributed by atoms with E-state index in [0.717, 1.165) is 23.6 Å². The number of hydrogen-bond acceptors (Lipinski definition) is 5. The highest BCUT2D eigenvalue weighted by molar-refractivity contribution is 5.92. The van der Waals surface area contributed by atoms with Crippen LogP contribution in [0.15, 0.2) is 16.7 Å². The van der Waals surface area contributed by atoms with Crippen LogP contribution in [0.2, 0.25) is 0 Å². The van der Waals surface area contributed by atoms with Crippen molar-refractivity contribution in [1.29, 1.82) is 0 Å². The number of carbonyl (C=O) groups excluding carboxylic acids is 1. The van der Waals surface area contributed by atoms with Crippen molar-refractivity contribution in [2.45, 2.75) is 32.3 Å². The van der Waals surface area contributed by atoms with Crippen molar-refractivity contribution in [3.8, 4) is 0 Å². The first-order valence-corrected chi connectivity index (χ1v) is 7.36. The first-order chi connectivity index (χ1) is 10.6. The van der Waals surface area contributed by atoms with E-state index in [2.05, 4.69) is 15.2 Å². The summed E-state index contributed by atoms with van der Waals surface area (Å²) in [6.45, 7) is 4.87. The fourth-order valence-electron chi connectivity index (χ4n) is 2.77. The van der Waals surface area contributed by atoms with Crippen LogP contribution >= 0.6 is 0 Å². The molecule has 0 saturated carbocycles. The number of ether oxygens (including phenoxy) is 1. The molecule has 1 N–H and O–H groups in total. The van der Waals surface area contributed by atoms with E-state index in [1.165, 1.54) is 6.26 Å². The van der Waals surface area contributed by atoms with Crippen LogP contribution in [0.5, 0.6) is 0 Å². The van der Waals surface area contributed by atoms with Gasteiger partial charge in [0.15, 0.2) is 11.6 Å². The van der Waals surface area contributed by atoms with Crippen LogP contribution in [0.4, 0.5) is 0 Å². The van der Waals surface area contributed by atoms with Crippen LogP contribution in [-0.4, -0.2) is 52.3 Å². The van der Waals surface area contributed by atoms with E-state index in [-0.39, 0.29) is 17.9 Å². The predicted octanol–water partition coefficient (Wildman–Crippen LogP) is 1.66. The molecule has 118 valence electrons. The Bertz CT molecular complexity index is 663. The summed E-state index contributed by atoms with van der Waals surface area (Å²) in [7, 11) is 1.76. The van der Waals surface area contributed by atoms with Crippen molar-refractivity contribution in [2.75, 3.05) is 20.2 Å². The Kier molecular flexibility index (Phi) is 3.98. The maximum absolute atomic E-state index is 12.4. The maximum atomic E-state index is 12.4. The van der Waals surface area contributed by atoms with Crippen LogP contribution in [-0.2, 0) is 4.74 Å². The van der Waals surface area contributed by atoms with Crippen molar-refractivity contribution >= 4 is 5.91 Å². The summed E-state index contributed by atoms with van der Waals surface area (Å²) in [5.74, 6) is 1.90. The third-order valence-corrected chi connectivity index (χ3v) is 4.01. The number of amides is 1. The first-order valence-electron chi connectivity index (χ1n) is 7.36. The van der Waals surface area contributed by atoms with Gasteiger partial charge < -0.3 is 14.1 Å². The Morgan fingerprint density at radius 3 is 2.95 bits per heavy atom. The molecule has 3 rings (SSSR count). The summed E-state index contributed by atoms with van der Waals surface area (Å²) in [6, 6.07) is 1.78. The summed E-state index contributed by atoms with van der Waals surface area (Å²) >= 11 is 0. The molecule has 22 heavy (non-hydrogen) atoms. The highest BCUT2D eigenvalue weighted by Crippen LogP contribution is 2.29. The van der Waals surface area contributed by atoms with E-state index < -0.39 is 0 Å².